The Morgan fingerprint density at radius 2 is 2.04 bits per heavy atom. The molecule has 1 fully saturated rings. The van der Waals surface area contributed by atoms with Crippen LogP contribution >= 0.6 is 0 Å². The van der Waals surface area contributed by atoms with Crippen molar-refractivity contribution in [2.24, 2.45) is 0 Å². The summed E-state index contributed by atoms with van der Waals surface area (Å²) < 4.78 is 26.0. The molecule has 1 aromatic carbocycles. The SMILES string of the molecule is O=C(O)C1(c2ccccc2)CCN(Cc2ccn(CC(F)F)n2)C1. The minimum atomic E-state index is -2.44. The van der Waals surface area contributed by atoms with Gasteiger partial charge >= 0.3 is 5.97 Å². The van der Waals surface area contributed by atoms with Gasteiger partial charge in [-0.15, -0.1) is 0 Å². The van der Waals surface area contributed by atoms with Crippen molar-refractivity contribution in [3.8, 4) is 0 Å². The Morgan fingerprint density at radius 1 is 1.29 bits per heavy atom. The summed E-state index contributed by atoms with van der Waals surface area (Å²) in [6, 6.07) is 10.9. The zero-order valence-corrected chi connectivity index (χ0v) is 13.1. The van der Waals surface area contributed by atoms with Crippen molar-refractivity contribution >= 4 is 5.97 Å². The maximum Gasteiger partial charge on any atom is 0.315 e. The maximum absolute atomic E-state index is 12.4. The van der Waals surface area contributed by atoms with Crippen LogP contribution in [0.2, 0.25) is 0 Å². The highest BCUT2D eigenvalue weighted by Crippen LogP contribution is 2.35. The number of rotatable bonds is 6. The molecule has 128 valence electrons. The number of hydrogen-bond acceptors (Lipinski definition) is 3. The Labute approximate surface area is 138 Å². The van der Waals surface area contributed by atoms with Gasteiger partial charge in [-0.05, 0) is 18.1 Å². The zero-order valence-electron chi connectivity index (χ0n) is 13.1. The highest BCUT2D eigenvalue weighted by atomic mass is 19.3. The Hall–Kier alpha value is -2.28. The van der Waals surface area contributed by atoms with Crippen LogP contribution in [0.15, 0.2) is 42.6 Å². The number of nitrogens with zero attached hydrogens (tertiary/aromatic N) is 3. The van der Waals surface area contributed by atoms with E-state index in [4.69, 9.17) is 0 Å². The van der Waals surface area contributed by atoms with Crippen LogP contribution < -0.4 is 0 Å². The molecule has 3 rings (SSSR count). The molecule has 0 saturated carbocycles. The smallest absolute Gasteiger partial charge is 0.315 e. The lowest BCUT2D eigenvalue weighted by atomic mass is 9.80. The maximum atomic E-state index is 12.4. The quantitative estimate of drug-likeness (QED) is 0.881. The molecule has 0 bridgehead atoms. The summed E-state index contributed by atoms with van der Waals surface area (Å²) in [6.45, 7) is 1.04. The third-order valence-corrected chi connectivity index (χ3v) is 4.49. The third-order valence-electron chi connectivity index (χ3n) is 4.49. The average Bonchev–Trinajstić information content (AvgIpc) is 3.16. The highest BCUT2D eigenvalue weighted by Gasteiger charge is 2.46. The molecular weight excluding hydrogens is 316 g/mol. The van der Waals surface area contributed by atoms with Gasteiger partial charge in [-0.25, -0.2) is 8.78 Å². The molecule has 1 aliphatic heterocycles. The largest absolute Gasteiger partial charge is 0.481 e. The highest BCUT2D eigenvalue weighted by molar-refractivity contribution is 5.82. The van der Waals surface area contributed by atoms with E-state index in [1.807, 2.05) is 35.2 Å². The van der Waals surface area contributed by atoms with E-state index in [0.717, 1.165) is 5.56 Å². The van der Waals surface area contributed by atoms with Gasteiger partial charge in [0.05, 0.1) is 5.69 Å². The predicted molar refractivity (Wildman–Crippen MR) is 83.9 cm³/mol. The molecular formula is C17H19F2N3O2. The lowest BCUT2D eigenvalue weighted by Gasteiger charge is -2.25. The first kappa shape index (κ1) is 16.6. The van der Waals surface area contributed by atoms with Crippen LogP contribution in [0.1, 0.15) is 17.7 Å². The molecule has 24 heavy (non-hydrogen) atoms. The lowest BCUT2D eigenvalue weighted by Crippen LogP contribution is -2.38. The van der Waals surface area contributed by atoms with Crippen molar-refractivity contribution in [2.75, 3.05) is 13.1 Å². The number of benzene rings is 1. The molecule has 7 heteroatoms. The summed E-state index contributed by atoms with van der Waals surface area (Å²) >= 11 is 0. The summed E-state index contributed by atoms with van der Waals surface area (Å²) in [4.78, 5) is 13.9. The van der Waals surface area contributed by atoms with Crippen molar-refractivity contribution in [3.63, 3.8) is 0 Å². The van der Waals surface area contributed by atoms with Crippen LogP contribution in [-0.4, -0.2) is 45.3 Å². The predicted octanol–water partition coefficient (Wildman–Crippen LogP) is 2.38. The molecule has 0 aliphatic carbocycles. The summed E-state index contributed by atoms with van der Waals surface area (Å²) in [5.41, 5.74) is 0.542. The van der Waals surface area contributed by atoms with E-state index in [-0.39, 0.29) is 0 Å². The van der Waals surface area contributed by atoms with Crippen LogP contribution in [0.25, 0.3) is 0 Å². The van der Waals surface area contributed by atoms with Crippen molar-refractivity contribution in [1.82, 2.24) is 14.7 Å². The first-order valence-electron chi connectivity index (χ1n) is 7.81. The summed E-state index contributed by atoms with van der Waals surface area (Å²) in [7, 11) is 0. The fourth-order valence-electron chi connectivity index (χ4n) is 3.27. The van der Waals surface area contributed by atoms with E-state index in [9.17, 15) is 18.7 Å². The van der Waals surface area contributed by atoms with Gasteiger partial charge in [0.25, 0.3) is 6.43 Å². The Bertz CT molecular complexity index is 705. The normalized spacial score (nSPS) is 21.5. The van der Waals surface area contributed by atoms with Gasteiger partial charge in [0.2, 0.25) is 0 Å². The number of aromatic nitrogens is 2. The number of halogens is 2. The van der Waals surface area contributed by atoms with Crippen LogP contribution in [0, 0.1) is 0 Å². The van der Waals surface area contributed by atoms with E-state index in [2.05, 4.69) is 5.10 Å². The van der Waals surface area contributed by atoms with Crippen molar-refractivity contribution in [1.29, 1.82) is 0 Å². The molecule has 0 amide bonds. The minimum Gasteiger partial charge on any atom is -0.481 e. The molecule has 1 saturated heterocycles. The summed E-state index contributed by atoms with van der Waals surface area (Å²) in [6.07, 6.45) is -0.397. The first-order chi connectivity index (χ1) is 11.5. The lowest BCUT2D eigenvalue weighted by molar-refractivity contribution is -0.143. The number of likely N-dealkylation sites (tertiary alicyclic amines) is 1. The second-order valence-electron chi connectivity index (χ2n) is 6.13. The first-order valence-corrected chi connectivity index (χ1v) is 7.81. The number of hydrogen-bond donors (Lipinski definition) is 1. The van der Waals surface area contributed by atoms with Gasteiger partial charge < -0.3 is 5.11 Å². The van der Waals surface area contributed by atoms with E-state index in [1.54, 1.807) is 6.07 Å². The number of alkyl halides is 2. The standard InChI is InChI=1S/C17H19F2N3O2/c18-15(19)11-22-8-6-14(20-22)10-21-9-7-17(12-21,16(23)24)13-4-2-1-3-5-13/h1-6,8,15H,7,9-12H2,(H,23,24). The monoisotopic (exact) mass is 335 g/mol. The molecule has 0 radical (unpaired) electrons. The second kappa shape index (κ2) is 6.68. The van der Waals surface area contributed by atoms with Gasteiger partial charge in [0, 0.05) is 25.8 Å². The van der Waals surface area contributed by atoms with Crippen LogP contribution in [0.4, 0.5) is 8.78 Å². The molecule has 5 nitrogen and oxygen atoms in total. The van der Waals surface area contributed by atoms with Crippen LogP contribution in [-0.2, 0) is 23.3 Å². The fraction of sp³-hybridized carbons (Fsp3) is 0.412. The van der Waals surface area contributed by atoms with E-state index in [1.165, 1.54) is 10.9 Å². The van der Waals surface area contributed by atoms with Gasteiger partial charge in [-0.1, -0.05) is 30.3 Å². The van der Waals surface area contributed by atoms with E-state index >= 15 is 0 Å². The fourth-order valence-corrected chi connectivity index (χ4v) is 3.27. The second-order valence-corrected chi connectivity index (χ2v) is 6.13. The van der Waals surface area contributed by atoms with Crippen LogP contribution in [0.3, 0.4) is 0 Å². The van der Waals surface area contributed by atoms with Crippen LogP contribution in [0.5, 0.6) is 0 Å². The van der Waals surface area contributed by atoms with Gasteiger partial charge in [-0.2, -0.15) is 5.10 Å². The Balaban J connectivity index is 1.72. The molecule has 1 aromatic heterocycles. The zero-order chi connectivity index (χ0) is 17.2. The third kappa shape index (κ3) is 3.31. The molecule has 0 spiro atoms. The van der Waals surface area contributed by atoms with E-state index in [0.29, 0.717) is 31.7 Å². The molecule has 1 atom stereocenters. The van der Waals surface area contributed by atoms with Gasteiger partial charge in [0.1, 0.15) is 12.0 Å². The minimum absolute atomic E-state index is 0.383. The van der Waals surface area contributed by atoms with Gasteiger partial charge in [0.15, 0.2) is 0 Å². The van der Waals surface area contributed by atoms with Crippen molar-refractivity contribution < 1.29 is 18.7 Å². The van der Waals surface area contributed by atoms with Crippen molar-refractivity contribution in [2.45, 2.75) is 31.4 Å². The Kier molecular flexibility index (Phi) is 4.62. The summed E-state index contributed by atoms with van der Waals surface area (Å²) in [5, 5.41) is 13.9. The number of carboxylic acid groups (broad SMARTS) is 1. The average molecular weight is 335 g/mol. The van der Waals surface area contributed by atoms with E-state index < -0.39 is 24.4 Å². The number of aliphatic carboxylic acids is 1. The van der Waals surface area contributed by atoms with Gasteiger partial charge in [-0.3, -0.25) is 14.4 Å². The molecule has 2 aromatic rings. The molecule has 1 N–H and O–H groups in total. The topological polar surface area (TPSA) is 58.4 Å². The molecule has 2 heterocycles. The van der Waals surface area contributed by atoms with Crippen molar-refractivity contribution in [3.05, 3.63) is 53.9 Å². The molecule has 1 aliphatic rings. The summed E-state index contributed by atoms with van der Waals surface area (Å²) in [5.74, 6) is -0.834. The number of carboxylic acids is 1. The Morgan fingerprint density at radius 3 is 2.71 bits per heavy atom. The molecule has 1 unspecified atom stereocenters. The number of carbonyl (C=O) groups is 1.